The van der Waals surface area contributed by atoms with Gasteiger partial charge in [-0.05, 0) is 31.5 Å². The minimum Gasteiger partial charge on any atom is -0.454 e. The van der Waals surface area contributed by atoms with Gasteiger partial charge in [-0.25, -0.2) is 0 Å². The Morgan fingerprint density at radius 2 is 2.05 bits per heavy atom. The number of aryl methyl sites for hydroxylation is 2. The molecule has 1 aliphatic rings. The largest absolute Gasteiger partial charge is 0.454 e. The minimum atomic E-state index is 0.319. The topological polar surface area (TPSA) is 59.2 Å². The van der Waals surface area contributed by atoms with Crippen LogP contribution in [0.5, 0.6) is 11.5 Å². The lowest BCUT2D eigenvalue weighted by molar-refractivity contribution is 0.174. The van der Waals surface area contributed by atoms with Crippen molar-refractivity contribution in [3.05, 3.63) is 40.7 Å². The highest BCUT2D eigenvalue weighted by Gasteiger charge is 2.13. The van der Waals surface area contributed by atoms with Crippen LogP contribution >= 0.6 is 0 Å². The number of hydrogen-bond acceptors (Lipinski definition) is 4. The Hall–Kier alpha value is -2.01. The molecule has 1 aromatic heterocycles. The number of aromatic nitrogens is 2. The van der Waals surface area contributed by atoms with Crippen molar-refractivity contribution < 1.29 is 9.47 Å². The molecule has 0 radical (unpaired) electrons. The Morgan fingerprint density at radius 1 is 1.21 bits per heavy atom. The van der Waals surface area contributed by atoms with Crippen molar-refractivity contribution in [2.75, 3.05) is 6.79 Å². The van der Waals surface area contributed by atoms with Crippen molar-refractivity contribution in [3.63, 3.8) is 0 Å². The lowest BCUT2D eigenvalue weighted by atomic mass is 10.1. The second-order valence-electron chi connectivity index (χ2n) is 4.70. The second-order valence-corrected chi connectivity index (χ2v) is 4.70. The number of benzene rings is 1. The quantitative estimate of drug-likeness (QED) is 0.882. The Morgan fingerprint density at radius 3 is 2.84 bits per heavy atom. The molecule has 2 heterocycles. The summed E-state index contributed by atoms with van der Waals surface area (Å²) < 4.78 is 10.7. The Kier molecular flexibility index (Phi) is 3.13. The van der Waals surface area contributed by atoms with Crippen molar-refractivity contribution >= 4 is 0 Å². The number of rotatable bonds is 4. The predicted molar refractivity (Wildman–Crippen MR) is 71.2 cm³/mol. The van der Waals surface area contributed by atoms with Crippen molar-refractivity contribution in [2.45, 2.75) is 26.9 Å². The van der Waals surface area contributed by atoms with Crippen molar-refractivity contribution in [1.29, 1.82) is 0 Å². The van der Waals surface area contributed by atoms with Gasteiger partial charge in [0, 0.05) is 24.3 Å². The van der Waals surface area contributed by atoms with Gasteiger partial charge in [-0.15, -0.1) is 0 Å². The second kappa shape index (κ2) is 4.93. The predicted octanol–water partition coefficient (Wildman–Crippen LogP) is 2.05. The molecule has 5 heteroatoms. The van der Waals surface area contributed by atoms with Gasteiger partial charge in [0.25, 0.3) is 0 Å². The molecule has 0 bridgehead atoms. The summed E-state index contributed by atoms with van der Waals surface area (Å²) >= 11 is 0. The first-order chi connectivity index (χ1) is 9.24. The van der Waals surface area contributed by atoms with Crippen LogP contribution in [0.25, 0.3) is 0 Å². The summed E-state index contributed by atoms with van der Waals surface area (Å²) in [6.07, 6.45) is 0. The summed E-state index contributed by atoms with van der Waals surface area (Å²) in [4.78, 5) is 0. The molecule has 0 spiro atoms. The highest BCUT2D eigenvalue weighted by molar-refractivity contribution is 5.44. The van der Waals surface area contributed by atoms with E-state index in [2.05, 4.69) is 21.6 Å². The zero-order chi connectivity index (χ0) is 13.2. The molecule has 0 atom stereocenters. The molecule has 3 rings (SSSR count). The van der Waals surface area contributed by atoms with Crippen LogP contribution in [-0.4, -0.2) is 17.0 Å². The first-order valence-electron chi connectivity index (χ1n) is 6.34. The van der Waals surface area contributed by atoms with Gasteiger partial charge in [-0.3, -0.25) is 5.10 Å². The molecule has 1 aliphatic heterocycles. The average molecular weight is 259 g/mol. The van der Waals surface area contributed by atoms with E-state index < -0.39 is 0 Å². The lowest BCUT2D eigenvalue weighted by Gasteiger charge is -2.06. The van der Waals surface area contributed by atoms with Gasteiger partial charge < -0.3 is 14.8 Å². The summed E-state index contributed by atoms with van der Waals surface area (Å²) in [7, 11) is 0. The van der Waals surface area contributed by atoms with Gasteiger partial charge >= 0.3 is 0 Å². The normalized spacial score (nSPS) is 12.9. The molecular formula is C14H17N3O2. The first-order valence-corrected chi connectivity index (χ1v) is 6.34. The molecule has 100 valence electrons. The first kappa shape index (κ1) is 12.0. The average Bonchev–Trinajstić information content (AvgIpc) is 2.99. The van der Waals surface area contributed by atoms with E-state index in [-0.39, 0.29) is 0 Å². The monoisotopic (exact) mass is 259 g/mol. The lowest BCUT2D eigenvalue weighted by Crippen LogP contribution is -2.13. The van der Waals surface area contributed by atoms with E-state index in [4.69, 9.17) is 9.47 Å². The maximum atomic E-state index is 5.36. The molecule has 0 amide bonds. The fourth-order valence-electron chi connectivity index (χ4n) is 2.22. The third-order valence-corrected chi connectivity index (χ3v) is 3.35. The van der Waals surface area contributed by atoms with Gasteiger partial charge in [-0.2, -0.15) is 5.10 Å². The molecule has 0 fully saturated rings. The third-order valence-electron chi connectivity index (χ3n) is 3.35. The van der Waals surface area contributed by atoms with Crippen LogP contribution in [0.4, 0.5) is 0 Å². The van der Waals surface area contributed by atoms with E-state index in [0.717, 1.165) is 36.0 Å². The van der Waals surface area contributed by atoms with Crippen molar-refractivity contribution in [2.24, 2.45) is 0 Å². The maximum absolute atomic E-state index is 5.36. The van der Waals surface area contributed by atoms with Gasteiger partial charge in [0.05, 0.1) is 5.69 Å². The molecule has 0 unspecified atom stereocenters. The molecular weight excluding hydrogens is 242 g/mol. The van der Waals surface area contributed by atoms with Gasteiger partial charge in [-0.1, -0.05) is 6.07 Å². The fraction of sp³-hybridized carbons (Fsp3) is 0.357. The van der Waals surface area contributed by atoms with Crippen LogP contribution in [0.1, 0.15) is 22.5 Å². The van der Waals surface area contributed by atoms with Crippen molar-refractivity contribution in [3.8, 4) is 11.5 Å². The van der Waals surface area contributed by atoms with Crippen LogP contribution in [0.2, 0.25) is 0 Å². The highest BCUT2D eigenvalue weighted by Crippen LogP contribution is 2.32. The van der Waals surface area contributed by atoms with Gasteiger partial charge in [0.15, 0.2) is 11.5 Å². The zero-order valence-electron chi connectivity index (χ0n) is 11.1. The fourth-order valence-corrected chi connectivity index (χ4v) is 2.22. The molecule has 0 saturated heterocycles. The molecule has 0 aliphatic carbocycles. The van der Waals surface area contributed by atoms with Crippen LogP contribution in [0, 0.1) is 13.8 Å². The zero-order valence-corrected chi connectivity index (χ0v) is 11.1. The van der Waals surface area contributed by atoms with Crippen LogP contribution < -0.4 is 14.8 Å². The molecule has 5 nitrogen and oxygen atoms in total. The molecule has 19 heavy (non-hydrogen) atoms. The van der Waals surface area contributed by atoms with Crippen LogP contribution in [0.3, 0.4) is 0 Å². The van der Waals surface area contributed by atoms with E-state index in [0.29, 0.717) is 6.79 Å². The van der Waals surface area contributed by atoms with Crippen LogP contribution in [0.15, 0.2) is 18.2 Å². The van der Waals surface area contributed by atoms with Crippen LogP contribution in [-0.2, 0) is 13.1 Å². The number of nitrogens with zero attached hydrogens (tertiary/aromatic N) is 1. The summed E-state index contributed by atoms with van der Waals surface area (Å²) in [5.41, 5.74) is 4.59. The SMILES string of the molecule is Cc1n[nH]c(C)c1CNCc1ccc2c(c1)OCO2. The van der Waals surface area contributed by atoms with Gasteiger partial charge in [0.1, 0.15) is 0 Å². The van der Waals surface area contributed by atoms with E-state index >= 15 is 0 Å². The Balaban J connectivity index is 1.61. The number of nitrogens with one attached hydrogen (secondary N) is 2. The summed E-state index contributed by atoms with van der Waals surface area (Å²) in [5, 5.41) is 10.6. The number of H-pyrrole nitrogens is 1. The van der Waals surface area contributed by atoms with Gasteiger partial charge in [0.2, 0.25) is 6.79 Å². The maximum Gasteiger partial charge on any atom is 0.231 e. The van der Waals surface area contributed by atoms with E-state index in [9.17, 15) is 0 Å². The smallest absolute Gasteiger partial charge is 0.231 e. The summed E-state index contributed by atoms with van der Waals surface area (Å²) in [6.45, 7) is 5.97. The highest BCUT2D eigenvalue weighted by atomic mass is 16.7. The number of fused-ring (bicyclic) bond motifs is 1. The van der Waals surface area contributed by atoms with E-state index in [1.165, 1.54) is 11.1 Å². The molecule has 0 saturated carbocycles. The summed E-state index contributed by atoms with van der Waals surface area (Å²) in [5.74, 6) is 1.65. The number of aromatic amines is 1. The Labute approximate surface area is 111 Å². The van der Waals surface area contributed by atoms with E-state index in [1.807, 2.05) is 26.0 Å². The summed E-state index contributed by atoms with van der Waals surface area (Å²) in [6, 6.07) is 6.02. The molecule has 2 aromatic rings. The van der Waals surface area contributed by atoms with E-state index in [1.54, 1.807) is 0 Å². The minimum absolute atomic E-state index is 0.319. The third kappa shape index (κ3) is 2.42. The molecule has 2 N–H and O–H groups in total. The number of ether oxygens (including phenoxy) is 2. The standard InChI is InChI=1S/C14H17N3O2/c1-9-12(10(2)17-16-9)7-15-6-11-3-4-13-14(5-11)19-8-18-13/h3-5,15H,6-8H2,1-2H3,(H,16,17). The Bertz CT molecular complexity index is 573. The number of hydrogen-bond donors (Lipinski definition) is 2. The van der Waals surface area contributed by atoms with Crippen molar-refractivity contribution in [1.82, 2.24) is 15.5 Å². The molecule has 1 aromatic carbocycles.